The number of rotatable bonds is 13. The van der Waals surface area contributed by atoms with Crippen LogP contribution in [0, 0.1) is 0 Å². The van der Waals surface area contributed by atoms with Crippen LogP contribution < -0.4 is 10.1 Å². The van der Waals surface area contributed by atoms with Gasteiger partial charge in [0.15, 0.2) is 5.78 Å². The van der Waals surface area contributed by atoms with Crippen molar-refractivity contribution in [2.75, 3.05) is 0 Å². The molecule has 0 fully saturated rings. The van der Waals surface area contributed by atoms with E-state index in [2.05, 4.69) is 10.3 Å². The molecule has 7 nitrogen and oxygen atoms in total. The molecule has 1 atom stereocenters. The van der Waals surface area contributed by atoms with Crippen LogP contribution in [0.5, 0.6) is 5.75 Å². The van der Waals surface area contributed by atoms with Gasteiger partial charge >= 0.3 is 12.1 Å². The van der Waals surface area contributed by atoms with Crippen molar-refractivity contribution in [1.82, 2.24) is 10.3 Å². The number of carboxylic acid groups (broad SMARTS) is 1. The van der Waals surface area contributed by atoms with E-state index in [0.717, 1.165) is 41.2 Å². The first-order chi connectivity index (χ1) is 20.6. The molecule has 0 amide bonds. The van der Waals surface area contributed by atoms with E-state index in [0.29, 0.717) is 35.9 Å². The van der Waals surface area contributed by atoms with Crippen molar-refractivity contribution < 1.29 is 37.0 Å². The summed E-state index contributed by atoms with van der Waals surface area (Å²) in [4.78, 5) is 29.2. The standard InChI is InChI=1S/C33H31F3N2O5/c1-3-25(19-29(39)22-12-14-24(15-13-22)33(34,35)36)37-27(32(40)41)18-21-10-16-26(17-11-21)42-20-28-30(4-2)43-31(38-28)23-8-6-5-7-9-23/h5-17,19,27,37H,3-4,18,20H2,1-2H3,(H,40,41)/b25-19+/t27-/m0/s1. The molecule has 0 saturated heterocycles. The zero-order valence-corrected chi connectivity index (χ0v) is 23.6. The Morgan fingerprint density at radius 2 is 1.67 bits per heavy atom. The first-order valence-electron chi connectivity index (χ1n) is 13.7. The second-order valence-electron chi connectivity index (χ2n) is 9.74. The minimum atomic E-state index is -4.51. The molecule has 4 aromatic rings. The molecule has 0 aliphatic carbocycles. The number of carboxylic acids is 1. The number of nitrogens with one attached hydrogen (secondary N) is 1. The SMILES string of the molecule is CC/C(=C\C(=O)c1ccc(C(F)(F)F)cc1)N[C@@H](Cc1ccc(OCc2nc(-c3ccccc3)oc2CC)cc1)C(=O)O. The highest BCUT2D eigenvalue weighted by Crippen LogP contribution is 2.29. The van der Waals surface area contributed by atoms with Crippen LogP contribution in [-0.2, 0) is 30.4 Å². The fourth-order valence-electron chi connectivity index (χ4n) is 4.32. The fraction of sp³-hybridized carbons (Fsp3) is 0.242. The first-order valence-corrected chi connectivity index (χ1v) is 13.7. The Balaban J connectivity index is 1.38. The molecule has 0 unspecified atom stereocenters. The first kappa shape index (κ1) is 31.1. The Hall–Kier alpha value is -4.86. The average molecular weight is 593 g/mol. The lowest BCUT2D eigenvalue weighted by molar-refractivity contribution is -0.139. The number of ketones is 1. The van der Waals surface area contributed by atoms with Gasteiger partial charge in [-0.25, -0.2) is 9.78 Å². The number of oxazole rings is 1. The van der Waals surface area contributed by atoms with Gasteiger partial charge in [-0.3, -0.25) is 4.79 Å². The van der Waals surface area contributed by atoms with Gasteiger partial charge in [0.25, 0.3) is 0 Å². The van der Waals surface area contributed by atoms with E-state index in [1.165, 1.54) is 6.08 Å². The lowest BCUT2D eigenvalue weighted by Crippen LogP contribution is -2.38. The maximum atomic E-state index is 12.8. The van der Waals surface area contributed by atoms with E-state index < -0.39 is 29.5 Å². The molecule has 224 valence electrons. The number of hydrogen-bond donors (Lipinski definition) is 2. The molecule has 10 heteroatoms. The summed E-state index contributed by atoms with van der Waals surface area (Å²) < 4.78 is 50.3. The molecule has 0 aliphatic heterocycles. The number of halogens is 3. The number of carbonyl (C=O) groups is 2. The van der Waals surface area contributed by atoms with Crippen LogP contribution in [0.3, 0.4) is 0 Å². The number of allylic oxidation sites excluding steroid dienone is 2. The van der Waals surface area contributed by atoms with Crippen LogP contribution in [-0.4, -0.2) is 27.9 Å². The molecule has 2 N–H and O–H groups in total. The quantitative estimate of drug-likeness (QED) is 0.124. The predicted molar refractivity (Wildman–Crippen MR) is 155 cm³/mol. The number of carbonyl (C=O) groups excluding carboxylic acids is 1. The minimum Gasteiger partial charge on any atom is -0.487 e. The Bertz CT molecular complexity index is 1560. The molecule has 0 saturated carbocycles. The Labute approximate surface area is 247 Å². The molecule has 43 heavy (non-hydrogen) atoms. The van der Waals surface area contributed by atoms with Crippen LogP contribution in [0.25, 0.3) is 11.5 Å². The van der Waals surface area contributed by atoms with Crippen LogP contribution >= 0.6 is 0 Å². The Kier molecular flexibility index (Phi) is 10.0. The van der Waals surface area contributed by atoms with Crippen LogP contribution in [0.4, 0.5) is 13.2 Å². The van der Waals surface area contributed by atoms with E-state index in [1.54, 1.807) is 31.2 Å². The summed E-state index contributed by atoms with van der Waals surface area (Å²) >= 11 is 0. The number of alkyl halides is 3. The van der Waals surface area contributed by atoms with Crippen molar-refractivity contribution >= 4 is 11.8 Å². The van der Waals surface area contributed by atoms with Crippen molar-refractivity contribution in [3.63, 3.8) is 0 Å². The van der Waals surface area contributed by atoms with Crippen molar-refractivity contribution in [1.29, 1.82) is 0 Å². The number of aromatic nitrogens is 1. The second-order valence-corrected chi connectivity index (χ2v) is 9.74. The van der Waals surface area contributed by atoms with Crippen LogP contribution in [0.15, 0.2) is 95.1 Å². The highest BCUT2D eigenvalue weighted by atomic mass is 19.4. The summed E-state index contributed by atoms with van der Waals surface area (Å²) in [5, 5.41) is 12.7. The van der Waals surface area contributed by atoms with Gasteiger partial charge in [-0.05, 0) is 48.4 Å². The van der Waals surface area contributed by atoms with E-state index in [-0.39, 0.29) is 18.6 Å². The maximum Gasteiger partial charge on any atom is 0.416 e. The Morgan fingerprint density at radius 1 is 1.00 bits per heavy atom. The number of aliphatic carboxylic acids is 1. The van der Waals surface area contributed by atoms with Crippen LogP contribution in [0.1, 0.15) is 53.2 Å². The van der Waals surface area contributed by atoms with Crippen molar-refractivity contribution in [2.24, 2.45) is 0 Å². The molecule has 1 aromatic heterocycles. The molecular weight excluding hydrogens is 561 g/mol. The zero-order chi connectivity index (χ0) is 31.0. The summed E-state index contributed by atoms with van der Waals surface area (Å²) in [6, 6.07) is 19.4. The summed E-state index contributed by atoms with van der Waals surface area (Å²) in [5.74, 6) is 0.195. The van der Waals surface area contributed by atoms with Crippen molar-refractivity contribution in [3.05, 3.63) is 119 Å². The smallest absolute Gasteiger partial charge is 0.416 e. The van der Waals surface area contributed by atoms with Gasteiger partial charge in [0.05, 0.1) is 5.56 Å². The van der Waals surface area contributed by atoms with E-state index in [1.807, 2.05) is 37.3 Å². The second kappa shape index (κ2) is 13.9. The van der Waals surface area contributed by atoms with Gasteiger partial charge in [-0.15, -0.1) is 0 Å². The maximum absolute atomic E-state index is 12.8. The predicted octanol–water partition coefficient (Wildman–Crippen LogP) is 7.26. The third-order valence-electron chi connectivity index (χ3n) is 6.70. The molecule has 0 radical (unpaired) electrons. The normalized spacial score (nSPS) is 12.5. The topological polar surface area (TPSA) is 102 Å². The average Bonchev–Trinajstić information content (AvgIpc) is 3.43. The third kappa shape index (κ3) is 8.34. The largest absolute Gasteiger partial charge is 0.487 e. The highest BCUT2D eigenvalue weighted by molar-refractivity contribution is 6.04. The van der Waals surface area contributed by atoms with Gasteiger partial charge in [0.2, 0.25) is 5.89 Å². The Morgan fingerprint density at radius 3 is 2.26 bits per heavy atom. The summed E-state index contributed by atoms with van der Waals surface area (Å²) in [6.07, 6.45) is -2.20. The summed E-state index contributed by atoms with van der Waals surface area (Å²) in [5.41, 5.74) is 1.86. The number of benzene rings is 3. The molecular formula is C33H31F3N2O5. The molecule has 4 rings (SSSR count). The van der Waals surface area contributed by atoms with E-state index in [4.69, 9.17) is 9.15 Å². The molecule has 0 spiro atoms. The molecule has 0 aliphatic rings. The van der Waals surface area contributed by atoms with E-state index >= 15 is 0 Å². The fourth-order valence-corrected chi connectivity index (χ4v) is 4.32. The zero-order valence-electron chi connectivity index (χ0n) is 23.6. The lowest BCUT2D eigenvalue weighted by Gasteiger charge is -2.18. The number of nitrogens with zero attached hydrogens (tertiary/aromatic N) is 1. The number of ether oxygens (including phenoxy) is 1. The third-order valence-corrected chi connectivity index (χ3v) is 6.70. The highest BCUT2D eigenvalue weighted by Gasteiger charge is 2.30. The monoisotopic (exact) mass is 592 g/mol. The van der Waals surface area contributed by atoms with E-state index in [9.17, 15) is 27.9 Å². The summed E-state index contributed by atoms with van der Waals surface area (Å²) in [6.45, 7) is 3.92. The lowest BCUT2D eigenvalue weighted by atomic mass is 10.0. The van der Waals surface area contributed by atoms with Crippen LogP contribution in [0.2, 0.25) is 0 Å². The molecule has 1 heterocycles. The molecule has 0 bridgehead atoms. The molecule has 3 aromatic carbocycles. The number of hydrogen-bond acceptors (Lipinski definition) is 6. The van der Waals surface area contributed by atoms with Crippen molar-refractivity contribution in [3.8, 4) is 17.2 Å². The number of aryl methyl sites for hydroxylation is 1. The van der Waals surface area contributed by atoms with Crippen molar-refractivity contribution in [2.45, 2.75) is 51.9 Å². The summed E-state index contributed by atoms with van der Waals surface area (Å²) in [7, 11) is 0. The van der Waals surface area contributed by atoms with Gasteiger partial charge in [0, 0.05) is 35.7 Å². The van der Waals surface area contributed by atoms with Gasteiger partial charge in [0.1, 0.15) is 29.9 Å². The van der Waals surface area contributed by atoms with Gasteiger partial charge in [-0.2, -0.15) is 13.2 Å². The van der Waals surface area contributed by atoms with Gasteiger partial charge in [-0.1, -0.05) is 56.3 Å². The van der Waals surface area contributed by atoms with Gasteiger partial charge < -0.3 is 19.6 Å². The minimum absolute atomic E-state index is 0.0659.